The summed E-state index contributed by atoms with van der Waals surface area (Å²) in [7, 11) is 0. The number of hydrogen-bond acceptors (Lipinski definition) is 2. The van der Waals surface area contributed by atoms with Crippen LogP contribution in [-0.2, 0) is 0 Å². The molecule has 0 fully saturated rings. The molecule has 0 aliphatic heterocycles. The van der Waals surface area contributed by atoms with Gasteiger partial charge in [-0.3, -0.25) is 0 Å². The fraction of sp³-hybridized carbons (Fsp3) is 0. The standard InChI is InChI=1S/C12H12N2.2Na/c13-11-5-1-9(2-6-11)10-3-7-12(14)8-4-10;;/h1-8H,13-14H2;;. The summed E-state index contributed by atoms with van der Waals surface area (Å²) in [6.45, 7) is 0. The molecule has 0 saturated heterocycles. The maximum absolute atomic E-state index is 5.61. The Labute approximate surface area is 140 Å². The molecule has 0 aliphatic carbocycles. The summed E-state index contributed by atoms with van der Waals surface area (Å²) in [6.07, 6.45) is 0. The third-order valence-electron chi connectivity index (χ3n) is 2.15. The summed E-state index contributed by atoms with van der Waals surface area (Å²) in [6, 6.07) is 15.6. The summed E-state index contributed by atoms with van der Waals surface area (Å²) >= 11 is 0. The molecule has 0 amide bonds. The molecule has 2 radical (unpaired) electrons. The van der Waals surface area contributed by atoms with E-state index in [2.05, 4.69) is 0 Å². The van der Waals surface area contributed by atoms with Crippen molar-refractivity contribution in [1.29, 1.82) is 0 Å². The topological polar surface area (TPSA) is 52.0 Å². The van der Waals surface area contributed by atoms with E-state index in [1.165, 1.54) is 0 Å². The molecule has 0 aliphatic rings. The van der Waals surface area contributed by atoms with Crippen molar-refractivity contribution < 1.29 is 0 Å². The summed E-state index contributed by atoms with van der Waals surface area (Å²) in [5.41, 5.74) is 15.1. The maximum atomic E-state index is 5.61. The molecule has 4 heteroatoms. The van der Waals surface area contributed by atoms with Crippen molar-refractivity contribution >= 4 is 70.5 Å². The molecule has 72 valence electrons. The molecule has 2 aromatic carbocycles. The molecule has 2 aromatic rings. The van der Waals surface area contributed by atoms with E-state index in [0.717, 1.165) is 22.5 Å². The van der Waals surface area contributed by atoms with Gasteiger partial charge in [-0.25, -0.2) is 0 Å². The number of rotatable bonds is 1. The summed E-state index contributed by atoms with van der Waals surface area (Å²) < 4.78 is 0. The zero-order chi connectivity index (χ0) is 9.97. The van der Waals surface area contributed by atoms with Gasteiger partial charge in [0.05, 0.1) is 0 Å². The van der Waals surface area contributed by atoms with Crippen molar-refractivity contribution in [2.24, 2.45) is 0 Å². The Morgan fingerprint density at radius 3 is 1.00 bits per heavy atom. The first-order valence-corrected chi connectivity index (χ1v) is 4.47. The van der Waals surface area contributed by atoms with E-state index < -0.39 is 0 Å². The first-order chi connectivity index (χ1) is 6.75. The number of nitrogen functional groups attached to an aromatic ring is 2. The van der Waals surface area contributed by atoms with Crippen LogP contribution in [0.1, 0.15) is 0 Å². The van der Waals surface area contributed by atoms with Crippen LogP contribution in [0.5, 0.6) is 0 Å². The van der Waals surface area contributed by atoms with Crippen LogP contribution in [0.4, 0.5) is 11.4 Å². The van der Waals surface area contributed by atoms with Crippen LogP contribution >= 0.6 is 0 Å². The number of benzene rings is 2. The van der Waals surface area contributed by atoms with Gasteiger partial charge in [-0.15, -0.1) is 0 Å². The molecule has 0 unspecified atom stereocenters. The predicted octanol–water partition coefficient (Wildman–Crippen LogP) is 1.76. The molecule has 0 aromatic heterocycles. The average molecular weight is 230 g/mol. The normalized spacial score (nSPS) is 8.75. The molecule has 0 bridgehead atoms. The molecule has 0 saturated carbocycles. The molecular formula is C12H12N2Na2. The van der Waals surface area contributed by atoms with E-state index in [9.17, 15) is 0 Å². The van der Waals surface area contributed by atoms with Crippen molar-refractivity contribution in [3.05, 3.63) is 48.5 Å². The molecule has 2 rings (SSSR count). The second-order valence-electron chi connectivity index (χ2n) is 3.24. The molecule has 16 heavy (non-hydrogen) atoms. The van der Waals surface area contributed by atoms with Gasteiger partial charge in [0.1, 0.15) is 0 Å². The minimum Gasteiger partial charge on any atom is -0.399 e. The monoisotopic (exact) mass is 230 g/mol. The molecular weight excluding hydrogens is 218 g/mol. The fourth-order valence-electron chi connectivity index (χ4n) is 1.35. The van der Waals surface area contributed by atoms with Gasteiger partial charge in [0.25, 0.3) is 0 Å². The third-order valence-corrected chi connectivity index (χ3v) is 2.15. The van der Waals surface area contributed by atoms with Gasteiger partial charge in [-0.2, -0.15) is 0 Å². The summed E-state index contributed by atoms with van der Waals surface area (Å²) in [4.78, 5) is 0. The van der Waals surface area contributed by atoms with Crippen LogP contribution in [0.25, 0.3) is 11.1 Å². The minimum atomic E-state index is 0. The Balaban J connectivity index is 0.00000112. The Kier molecular flexibility index (Phi) is 7.40. The van der Waals surface area contributed by atoms with Crippen LogP contribution in [0, 0.1) is 0 Å². The number of hydrogen-bond donors (Lipinski definition) is 2. The third kappa shape index (κ3) is 4.13. The quantitative estimate of drug-likeness (QED) is 0.579. The van der Waals surface area contributed by atoms with E-state index in [0.29, 0.717) is 0 Å². The largest absolute Gasteiger partial charge is 0.399 e. The Morgan fingerprint density at radius 2 is 0.750 bits per heavy atom. The Bertz CT molecular complexity index is 380. The van der Waals surface area contributed by atoms with Crippen molar-refractivity contribution in [2.75, 3.05) is 11.5 Å². The first-order valence-electron chi connectivity index (χ1n) is 4.47. The summed E-state index contributed by atoms with van der Waals surface area (Å²) in [5.74, 6) is 0. The molecule has 0 atom stereocenters. The van der Waals surface area contributed by atoms with Crippen molar-refractivity contribution in [1.82, 2.24) is 0 Å². The van der Waals surface area contributed by atoms with Gasteiger partial charge >= 0.3 is 0 Å². The van der Waals surface area contributed by atoms with E-state index in [1.807, 2.05) is 48.5 Å². The van der Waals surface area contributed by atoms with Gasteiger partial charge in [0.2, 0.25) is 0 Å². The van der Waals surface area contributed by atoms with Crippen molar-refractivity contribution in [3.63, 3.8) is 0 Å². The summed E-state index contributed by atoms with van der Waals surface area (Å²) in [5, 5.41) is 0. The first kappa shape index (κ1) is 16.0. The predicted molar refractivity (Wildman–Crippen MR) is 72.2 cm³/mol. The van der Waals surface area contributed by atoms with Gasteiger partial charge in [0.15, 0.2) is 0 Å². The zero-order valence-corrected chi connectivity index (χ0v) is 13.8. The average Bonchev–Trinajstić information content (AvgIpc) is 2.21. The van der Waals surface area contributed by atoms with Crippen molar-refractivity contribution in [2.45, 2.75) is 0 Å². The van der Waals surface area contributed by atoms with Crippen LogP contribution in [-0.4, -0.2) is 59.1 Å². The van der Waals surface area contributed by atoms with Crippen LogP contribution in [0.15, 0.2) is 48.5 Å². The maximum Gasteiger partial charge on any atom is 0.0314 e. The second-order valence-corrected chi connectivity index (χ2v) is 3.24. The number of nitrogens with two attached hydrogens (primary N) is 2. The minimum absolute atomic E-state index is 0. The molecule has 0 heterocycles. The van der Waals surface area contributed by atoms with Gasteiger partial charge < -0.3 is 11.5 Å². The van der Waals surface area contributed by atoms with E-state index in [-0.39, 0.29) is 59.1 Å². The zero-order valence-electron chi connectivity index (χ0n) is 9.77. The fourth-order valence-corrected chi connectivity index (χ4v) is 1.35. The van der Waals surface area contributed by atoms with E-state index >= 15 is 0 Å². The van der Waals surface area contributed by atoms with Crippen LogP contribution in [0.2, 0.25) is 0 Å². The smallest absolute Gasteiger partial charge is 0.0314 e. The van der Waals surface area contributed by atoms with Crippen LogP contribution in [0.3, 0.4) is 0 Å². The van der Waals surface area contributed by atoms with Gasteiger partial charge in [-0.1, -0.05) is 24.3 Å². The van der Waals surface area contributed by atoms with E-state index in [1.54, 1.807) is 0 Å². The van der Waals surface area contributed by atoms with Gasteiger partial charge in [0, 0.05) is 70.5 Å². The Hall–Kier alpha value is 0.0400. The SMILES string of the molecule is Nc1ccc(-c2ccc(N)cc2)cc1.[Na].[Na]. The molecule has 4 N–H and O–H groups in total. The second kappa shape index (κ2) is 7.38. The molecule has 0 spiro atoms. The number of anilines is 2. The Morgan fingerprint density at radius 1 is 0.500 bits per heavy atom. The molecule has 2 nitrogen and oxygen atoms in total. The van der Waals surface area contributed by atoms with E-state index in [4.69, 9.17) is 11.5 Å². The van der Waals surface area contributed by atoms with Crippen molar-refractivity contribution in [3.8, 4) is 11.1 Å². The van der Waals surface area contributed by atoms with Crippen LogP contribution < -0.4 is 11.5 Å². The van der Waals surface area contributed by atoms with Gasteiger partial charge in [-0.05, 0) is 35.4 Å².